The molecule has 3 nitrogen and oxygen atoms in total. The molecule has 16 heavy (non-hydrogen) atoms. The lowest BCUT2D eigenvalue weighted by atomic mass is 10.1. The van der Waals surface area contributed by atoms with Gasteiger partial charge < -0.3 is 5.43 Å². The number of pyridine rings is 1. The van der Waals surface area contributed by atoms with Gasteiger partial charge in [0, 0.05) is 5.39 Å². The molecule has 3 N–H and O–H groups in total. The molecule has 2 aromatic rings. The third-order valence-electron chi connectivity index (χ3n) is 2.57. The lowest BCUT2D eigenvalue weighted by Gasteiger charge is -2.08. The summed E-state index contributed by atoms with van der Waals surface area (Å²) in [7, 11) is 0. The van der Waals surface area contributed by atoms with E-state index in [4.69, 9.17) is 5.84 Å². The SMILES string of the molecule is CCc1cc2ccc(C)cc2nc1NN.Cl. The molecule has 0 atom stereocenters. The second kappa shape index (κ2) is 5.14. The number of nitrogens with one attached hydrogen (secondary N) is 1. The number of hydrogen-bond acceptors (Lipinski definition) is 3. The van der Waals surface area contributed by atoms with Crippen molar-refractivity contribution in [1.29, 1.82) is 0 Å². The summed E-state index contributed by atoms with van der Waals surface area (Å²) in [5.74, 6) is 6.22. The van der Waals surface area contributed by atoms with Gasteiger partial charge in [0.05, 0.1) is 5.52 Å². The molecule has 4 heteroatoms. The normalized spacial score (nSPS) is 9.94. The average molecular weight is 238 g/mol. The van der Waals surface area contributed by atoms with Crippen LogP contribution in [0.1, 0.15) is 18.1 Å². The molecule has 2 rings (SSSR count). The van der Waals surface area contributed by atoms with Crippen molar-refractivity contribution in [3.8, 4) is 0 Å². The number of fused-ring (bicyclic) bond motifs is 1. The maximum Gasteiger partial charge on any atom is 0.143 e. The summed E-state index contributed by atoms with van der Waals surface area (Å²) in [6.07, 6.45) is 0.927. The van der Waals surface area contributed by atoms with Gasteiger partial charge in [-0.05, 0) is 36.6 Å². The first-order valence-electron chi connectivity index (χ1n) is 5.11. The average Bonchev–Trinajstić information content (AvgIpc) is 2.27. The standard InChI is InChI=1S/C12H15N3.ClH/c1-3-9-7-10-5-4-8(2)6-11(10)14-12(9)15-13;/h4-7H,3,13H2,1-2H3,(H,14,15);1H. The van der Waals surface area contributed by atoms with E-state index in [1.807, 2.05) is 0 Å². The van der Waals surface area contributed by atoms with E-state index in [0.717, 1.165) is 28.7 Å². The summed E-state index contributed by atoms with van der Waals surface area (Å²) >= 11 is 0. The first kappa shape index (κ1) is 12.7. The van der Waals surface area contributed by atoms with Gasteiger partial charge in [-0.15, -0.1) is 12.4 Å². The van der Waals surface area contributed by atoms with E-state index in [1.54, 1.807) is 0 Å². The van der Waals surface area contributed by atoms with Crippen LogP contribution in [0.5, 0.6) is 0 Å². The van der Waals surface area contributed by atoms with Gasteiger partial charge in [-0.1, -0.05) is 19.1 Å². The zero-order valence-electron chi connectivity index (χ0n) is 9.45. The lowest BCUT2D eigenvalue weighted by molar-refractivity contribution is 1.10. The van der Waals surface area contributed by atoms with Crippen LogP contribution in [-0.2, 0) is 6.42 Å². The molecule has 0 saturated carbocycles. The molecule has 0 aliphatic rings. The highest BCUT2D eigenvalue weighted by Gasteiger charge is 2.03. The molecule has 0 unspecified atom stereocenters. The molecule has 1 aromatic heterocycles. The number of nitrogen functional groups attached to an aromatic ring is 1. The predicted octanol–water partition coefficient (Wildman–Crippen LogP) is 2.81. The van der Waals surface area contributed by atoms with Crippen LogP contribution in [0, 0.1) is 6.92 Å². The molecule has 1 aromatic carbocycles. The number of anilines is 1. The molecule has 0 bridgehead atoms. The van der Waals surface area contributed by atoms with Crippen LogP contribution in [0.25, 0.3) is 10.9 Å². The number of hydrazine groups is 1. The van der Waals surface area contributed by atoms with Gasteiger partial charge in [0.25, 0.3) is 0 Å². The van der Waals surface area contributed by atoms with Crippen LogP contribution >= 0.6 is 12.4 Å². The molecule has 86 valence electrons. The summed E-state index contributed by atoms with van der Waals surface area (Å²) in [6.45, 7) is 4.16. The summed E-state index contributed by atoms with van der Waals surface area (Å²) in [5, 5.41) is 1.16. The van der Waals surface area contributed by atoms with Crippen LogP contribution in [0.3, 0.4) is 0 Å². The zero-order valence-corrected chi connectivity index (χ0v) is 10.3. The molecule has 0 spiro atoms. The monoisotopic (exact) mass is 237 g/mol. The minimum absolute atomic E-state index is 0. The Morgan fingerprint density at radius 1 is 1.31 bits per heavy atom. The Hall–Kier alpha value is -1.32. The van der Waals surface area contributed by atoms with Crippen LogP contribution in [-0.4, -0.2) is 4.98 Å². The van der Waals surface area contributed by atoms with Crippen molar-refractivity contribution < 1.29 is 0 Å². The molecule has 0 saturated heterocycles. The number of nitrogens with zero attached hydrogens (tertiary/aromatic N) is 1. The number of aromatic nitrogens is 1. The second-order valence-corrected chi connectivity index (χ2v) is 3.69. The van der Waals surface area contributed by atoms with Crippen molar-refractivity contribution in [2.24, 2.45) is 5.84 Å². The van der Waals surface area contributed by atoms with E-state index >= 15 is 0 Å². The minimum Gasteiger partial charge on any atom is -0.308 e. The molecular formula is C12H16ClN3. The van der Waals surface area contributed by atoms with Crippen LogP contribution in [0.15, 0.2) is 24.3 Å². The van der Waals surface area contributed by atoms with Crippen molar-refractivity contribution in [1.82, 2.24) is 4.98 Å². The lowest BCUT2D eigenvalue weighted by Crippen LogP contribution is -2.11. The fourth-order valence-corrected chi connectivity index (χ4v) is 1.72. The van der Waals surface area contributed by atoms with E-state index < -0.39 is 0 Å². The molecular weight excluding hydrogens is 222 g/mol. The molecule has 0 aliphatic heterocycles. The zero-order chi connectivity index (χ0) is 10.8. The van der Waals surface area contributed by atoms with Crippen molar-refractivity contribution >= 4 is 29.1 Å². The summed E-state index contributed by atoms with van der Waals surface area (Å²) < 4.78 is 0. The first-order valence-corrected chi connectivity index (χ1v) is 5.11. The highest BCUT2D eigenvalue weighted by Crippen LogP contribution is 2.21. The van der Waals surface area contributed by atoms with E-state index in [1.165, 1.54) is 5.56 Å². The topological polar surface area (TPSA) is 50.9 Å². The maximum absolute atomic E-state index is 5.44. The number of rotatable bonds is 2. The van der Waals surface area contributed by atoms with Gasteiger partial charge in [-0.2, -0.15) is 0 Å². The number of aryl methyl sites for hydroxylation is 2. The Morgan fingerprint density at radius 3 is 2.69 bits per heavy atom. The van der Waals surface area contributed by atoms with Crippen LogP contribution < -0.4 is 11.3 Å². The highest BCUT2D eigenvalue weighted by atomic mass is 35.5. The molecule has 1 heterocycles. The predicted molar refractivity (Wildman–Crippen MR) is 70.9 cm³/mol. The highest BCUT2D eigenvalue weighted by molar-refractivity contribution is 5.85. The van der Waals surface area contributed by atoms with Crippen molar-refractivity contribution in [3.05, 3.63) is 35.4 Å². The fourth-order valence-electron chi connectivity index (χ4n) is 1.72. The fraction of sp³-hybridized carbons (Fsp3) is 0.250. The minimum atomic E-state index is 0. The summed E-state index contributed by atoms with van der Waals surface area (Å²) in [6, 6.07) is 8.39. The third-order valence-corrected chi connectivity index (χ3v) is 2.57. The van der Waals surface area contributed by atoms with Crippen molar-refractivity contribution in [2.45, 2.75) is 20.3 Å². The quantitative estimate of drug-likeness (QED) is 0.624. The van der Waals surface area contributed by atoms with Gasteiger partial charge in [0.15, 0.2) is 0 Å². The van der Waals surface area contributed by atoms with E-state index in [2.05, 4.69) is 48.5 Å². The Balaban J connectivity index is 0.00000128. The molecule has 0 aliphatic carbocycles. The van der Waals surface area contributed by atoms with Gasteiger partial charge in [-0.3, -0.25) is 0 Å². The smallest absolute Gasteiger partial charge is 0.143 e. The van der Waals surface area contributed by atoms with Gasteiger partial charge in [-0.25, -0.2) is 10.8 Å². The Morgan fingerprint density at radius 2 is 2.06 bits per heavy atom. The van der Waals surface area contributed by atoms with E-state index in [0.29, 0.717) is 0 Å². The largest absolute Gasteiger partial charge is 0.308 e. The number of benzene rings is 1. The van der Waals surface area contributed by atoms with Gasteiger partial charge in [0.2, 0.25) is 0 Å². The van der Waals surface area contributed by atoms with Crippen LogP contribution in [0.2, 0.25) is 0 Å². The van der Waals surface area contributed by atoms with Crippen LogP contribution in [0.4, 0.5) is 5.82 Å². The van der Waals surface area contributed by atoms with Crippen molar-refractivity contribution in [3.63, 3.8) is 0 Å². The van der Waals surface area contributed by atoms with E-state index in [9.17, 15) is 0 Å². The maximum atomic E-state index is 5.44. The Kier molecular flexibility index (Phi) is 4.10. The Bertz CT molecular complexity index is 497. The summed E-state index contributed by atoms with van der Waals surface area (Å²) in [5.41, 5.74) is 5.99. The third kappa shape index (κ3) is 2.26. The van der Waals surface area contributed by atoms with Gasteiger partial charge in [0.1, 0.15) is 5.82 Å². The first-order chi connectivity index (χ1) is 7.24. The molecule has 0 amide bonds. The number of nitrogens with two attached hydrogens (primary N) is 1. The second-order valence-electron chi connectivity index (χ2n) is 3.69. The van der Waals surface area contributed by atoms with Gasteiger partial charge >= 0.3 is 0 Å². The Labute approximate surface area is 101 Å². The number of halogens is 1. The summed E-state index contributed by atoms with van der Waals surface area (Å²) in [4.78, 5) is 4.49. The van der Waals surface area contributed by atoms with Crippen molar-refractivity contribution in [2.75, 3.05) is 5.43 Å². The molecule has 0 radical (unpaired) electrons. The number of hydrogen-bond donors (Lipinski definition) is 2. The van der Waals surface area contributed by atoms with E-state index in [-0.39, 0.29) is 12.4 Å². The molecule has 0 fully saturated rings.